The van der Waals surface area contributed by atoms with E-state index in [1.807, 2.05) is 97.1 Å². The van der Waals surface area contributed by atoms with Gasteiger partial charge in [0.1, 0.15) is 19.3 Å². The number of hydrogen-bond acceptors (Lipinski definition) is 6. The van der Waals surface area contributed by atoms with Crippen molar-refractivity contribution in [2.24, 2.45) is 0 Å². The number of anilines is 1. The van der Waals surface area contributed by atoms with Crippen LogP contribution >= 0.6 is 0 Å². The molecular formula is C40H32N2O7. The number of aliphatic carboxylic acids is 1. The van der Waals surface area contributed by atoms with Crippen molar-refractivity contribution >= 4 is 29.6 Å². The lowest BCUT2D eigenvalue weighted by Gasteiger charge is -2.18. The predicted molar refractivity (Wildman–Crippen MR) is 184 cm³/mol. The van der Waals surface area contributed by atoms with E-state index in [-0.39, 0.29) is 36.3 Å². The van der Waals surface area contributed by atoms with Crippen LogP contribution in [0.25, 0.3) is 22.3 Å². The third-order valence-electron chi connectivity index (χ3n) is 9.13. The molecule has 7 rings (SSSR count). The monoisotopic (exact) mass is 652 g/mol. The van der Waals surface area contributed by atoms with Crippen molar-refractivity contribution in [3.8, 4) is 22.3 Å². The summed E-state index contributed by atoms with van der Waals surface area (Å²) in [7, 11) is 0. The Hall–Kier alpha value is -6.22. The summed E-state index contributed by atoms with van der Waals surface area (Å²) in [6, 6.07) is 36.4. The van der Waals surface area contributed by atoms with Gasteiger partial charge in [-0.2, -0.15) is 0 Å². The molecule has 0 heterocycles. The van der Waals surface area contributed by atoms with E-state index in [2.05, 4.69) is 10.6 Å². The van der Waals surface area contributed by atoms with E-state index < -0.39 is 36.4 Å². The maximum atomic E-state index is 13.4. The van der Waals surface area contributed by atoms with E-state index in [1.165, 1.54) is 12.1 Å². The van der Waals surface area contributed by atoms with Crippen LogP contribution < -0.4 is 10.6 Å². The first kappa shape index (κ1) is 31.4. The van der Waals surface area contributed by atoms with Crippen LogP contribution in [-0.2, 0) is 14.3 Å². The molecule has 9 nitrogen and oxygen atoms in total. The summed E-state index contributed by atoms with van der Waals surface area (Å²) in [6.07, 6.45) is -2.27. The molecule has 1 atom stereocenters. The number of rotatable bonds is 10. The van der Waals surface area contributed by atoms with Crippen molar-refractivity contribution in [2.45, 2.75) is 24.3 Å². The second-order valence-corrected chi connectivity index (χ2v) is 12.0. The molecule has 0 aliphatic heterocycles. The lowest BCUT2D eigenvalue weighted by molar-refractivity contribution is -0.139. The molecule has 9 heteroatoms. The van der Waals surface area contributed by atoms with Crippen LogP contribution in [0.2, 0.25) is 0 Å². The van der Waals surface area contributed by atoms with Crippen LogP contribution in [0.5, 0.6) is 0 Å². The second-order valence-electron chi connectivity index (χ2n) is 12.0. The summed E-state index contributed by atoms with van der Waals surface area (Å²) in [5.74, 6) is -2.35. The summed E-state index contributed by atoms with van der Waals surface area (Å²) in [6.45, 7) is 0.0775. The molecule has 2 aliphatic rings. The number of ether oxygens (including phenoxy) is 2. The molecule has 0 unspecified atom stereocenters. The molecular weight excluding hydrogens is 620 g/mol. The van der Waals surface area contributed by atoms with E-state index in [9.17, 15) is 24.3 Å². The van der Waals surface area contributed by atoms with Gasteiger partial charge in [0, 0.05) is 23.8 Å². The minimum absolute atomic E-state index is 0.00691. The summed E-state index contributed by atoms with van der Waals surface area (Å²) in [5.41, 5.74) is 8.73. The fraction of sp³-hybridized carbons (Fsp3) is 0.150. The molecule has 5 aromatic carbocycles. The minimum Gasteiger partial charge on any atom is -0.480 e. The first-order valence-corrected chi connectivity index (χ1v) is 16.0. The zero-order valence-corrected chi connectivity index (χ0v) is 26.3. The van der Waals surface area contributed by atoms with Gasteiger partial charge in [-0.3, -0.25) is 10.1 Å². The number of fused-ring (bicyclic) bond motifs is 6. The normalized spacial score (nSPS) is 13.3. The van der Waals surface area contributed by atoms with Gasteiger partial charge in [0.2, 0.25) is 0 Å². The van der Waals surface area contributed by atoms with E-state index in [1.54, 1.807) is 12.1 Å². The van der Waals surface area contributed by atoms with E-state index in [0.29, 0.717) is 0 Å². The molecule has 0 bridgehead atoms. The number of carboxylic acids is 1. The molecule has 244 valence electrons. The summed E-state index contributed by atoms with van der Waals surface area (Å²) in [4.78, 5) is 51.3. The number of amides is 2. The molecule has 2 aliphatic carbocycles. The van der Waals surface area contributed by atoms with Gasteiger partial charge in [-0.1, -0.05) is 109 Å². The summed E-state index contributed by atoms with van der Waals surface area (Å²) in [5, 5.41) is 14.8. The predicted octanol–water partition coefficient (Wildman–Crippen LogP) is 7.61. The highest BCUT2D eigenvalue weighted by atomic mass is 16.6. The summed E-state index contributed by atoms with van der Waals surface area (Å²) >= 11 is 0. The van der Waals surface area contributed by atoms with E-state index in [4.69, 9.17) is 9.47 Å². The molecule has 0 spiro atoms. The number of benzene rings is 5. The molecule has 0 saturated heterocycles. The van der Waals surface area contributed by atoms with Gasteiger partial charge >= 0.3 is 18.2 Å². The molecule has 0 saturated carbocycles. The smallest absolute Gasteiger partial charge is 0.411 e. The van der Waals surface area contributed by atoms with Gasteiger partial charge in [0.05, 0.1) is 5.69 Å². The molecule has 0 fully saturated rings. The average Bonchev–Trinajstić information content (AvgIpc) is 3.62. The highest BCUT2D eigenvalue weighted by molar-refractivity contribution is 6.05. The van der Waals surface area contributed by atoms with Crippen molar-refractivity contribution in [2.75, 3.05) is 18.5 Å². The Morgan fingerprint density at radius 3 is 1.45 bits per heavy atom. The van der Waals surface area contributed by atoms with Gasteiger partial charge < -0.3 is 19.9 Å². The largest absolute Gasteiger partial charge is 0.480 e. The van der Waals surface area contributed by atoms with E-state index in [0.717, 1.165) is 44.5 Å². The number of para-hydroxylation sites is 1. The van der Waals surface area contributed by atoms with E-state index >= 15 is 0 Å². The number of carbonyl (C=O) groups is 4. The van der Waals surface area contributed by atoms with Crippen LogP contribution in [0.1, 0.15) is 50.9 Å². The maximum absolute atomic E-state index is 13.4. The lowest BCUT2D eigenvalue weighted by Crippen LogP contribution is -2.42. The fourth-order valence-corrected chi connectivity index (χ4v) is 6.86. The lowest BCUT2D eigenvalue weighted by atomic mass is 9.98. The first-order valence-electron chi connectivity index (χ1n) is 16.0. The van der Waals surface area contributed by atoms with Crippen molar-refractivity contribution in [1.82, 2.24) is 5.32 Å². The van der Waals surface area contributed by atoms with Crippen molar-refractivity contribution in [3.63, 3.8) is 0 Å². The number of carboxylic acid groups (broad SMARTS) is 1. The van der Waals surface area contributed by atoms with Gasteiger partial charge in [0.15, 0.2) is 5.78 Å². The van der Waals surface area contributed by atoms with Crippen molar-refractivity contribution in [1.29, 1.82) is 0 Å². The number of alkyl carbamates (subject to hydrolysis) is 1. The first-order chi connectivity index (χ1) is 23.9. The average molecular weight is 653 g/mol. The fourth-order valence-electron chi connectivity index (χ4n) is 6.86. The Morgan fingerprint density at radius 2 is 0.980 bits per heavy atom. The Morgan fingerprint density at radius 1 is 0.571 bits per heavy atom. The Labute approximate surface area is 282 Å². The Kier molecular flexibility index (Phi) is 8.64. The molecule has 49 heavy (non-hydrogen) atoms. The van der Waals surface area contributed by atoms with Gasteiger partial charge in [0.25, 0.3) is 0 Å². The van der Waals surface area contributed by atoms with Crippen LogP contribution in [-0.4, -0.2) is 48.3 Å². The van der Waals surface area contributed by atoms with Crippen LogP contribution in [0.15, 0.2) is 121 Å². The highest BCUT2D eigenvalue weighted by Crippen LogP contribution is 2.45. The number of hydrogen-bond donors (Lipinski definition) is 3. The van der Waals surface area contributed by atoms with Crippen LogP contribution in [0.4, 0.5) is 15.3 Å². The Balaban J connectivity index is 0.973. The van der Waals surface area contributed by atoms with Crippen molar-refractivity contribution < 1.29 is 33.8 Å². The minimum atomic E-state index is -1.56. The quantitative estimate of drug-likeness (QED) is 0.132. The zero-order chi connectivity index (χ0) is 33.9. The van der Waals surface area contributed by atoms with Gasteiger partial charge in [-0.15, -0.1) is 0 Å². The third-order valence-corrected chi connectivity index (χ3v) is 9.13. The molecule has 3 N–H and O–H groups in total. The topological polar surface area (TPSA) is 131 Å². The standard InChI is InChI=1S/C40H32N2O7/c43-37(21-36(38(44)45)42-40(47)49-23-34-30-17-7-3-13-26(30)27-14-4-8-18-31(27)34)32-19-9-10-20-35(32)41-39(46)48-22-33-28-15-5-1-11-24(28)25-12-2-6-16-29(25)33/h1-20,33-34,36H,21-23H2,(H,41,46)(H,42,47)(H,44,45)/t36-/m0/s1. The van der Waals surface area contributed by atoms with Gasteiger partial charge in [-0.05, 0) is 56.6 Å². The maximum Gasteiger partial charge on any atom is 0.411 e. The number of carbonyl (C=O) groups excluding carboxylic acids is 3. The third kappa shape index (κ3) is 6.26. The molecule has 0 aromatic heterocycles. The number of ketones is 1. The second kappa shape index (κ2) is 13.5. The van der Waals surface area contributed by atoms with Crippen LogP contribution in [0.3, 0.4) is 0 Å². The number of Topliss-reactive ketones (excluding diaryl/α,β-unsaturated/α-hetero) is 1. The van der Waals surface area contributed by atoms with Crippen molar-refractivity contribution in [3.05, 3.63) is 149 Å². The SMILES string of the molecule is O=C(Nc1ccccc1C(=O)C[C@H](NC(=O)OCC1c2ccccc2-c2ccccc21)C(=O)O)OCC1c2ccccc2-c2ccccc21. The van der Waals surface area contributed by atoms with Gasteiger partial charge in [-0.25, -0.2) is 14.4 Å². The van der Waals surface area contributed by atoms with Crippen LogP contribution in [0, 0.1) is 0 Å². The molecule has 2 amide bonds. The molecule has 0 radical (unpaired) electrons. The number of nitrogens with one attached hydrogen (secondary N) is 2. The Bertz CT molecular complexity index is 2000. The molecule has 5 aromatic rings. The zero-order valence-electron chi connectivity index (χ0n) is 26.3. The summed E-state index contributed by atoms with van der Waals surface area (Å²) < 4.78 is 11.1. The highest BCUT2D eigenvalue weighted by Gasteiger charge is 2.32.